The molecule has 6 nitrogen and oxygen atoms in total. The lowest BCUT2D eigenvalue weighted by Crippen LogP contribution is -2.39. The number of sulfonamides is 1. The average molecular weight is 316 g/mol. The van der Waals surface area contributed by atoms with Gasteiger partial charge in [-0.05, 0) is 39.7 Å². The Hall–Kier alpha value is -0.890. The Morgan fingerprint density at radius 3 is 2.71 bits per heavy atom. The largest absolute Gasteiger partial charge is 0.390 e. The maximum absolute atomic E-state index is 12.4. The molecule has 0 spiro atoms. The number of hydrogen-bond donors (Lipinski definition) is 2. The summed E-state index contributed by atoms with van der Waals surface area (Å²) in [7, 11) is -3.59. The van der Waals surface area contributed by atoms with Gasteiger partial charge in [0.2, 0.25) is 10.0 Å². The van der Waals surface area contributed by atoms with Gasteiger partial charge in [-0.3, -0.25) is 0 Å². The molecular weight excluding hydrogens is 292 g/mol. The number of aliphatic hydroxyl groups is 1. The molecule has 0 aliphatic carbocycles. The van der Waals surface area contributed by atoms with Crippen molar-refractivity contribution in [3.8, 4) is 0 Å². The third-order valence-electron chi connectivity index (χ3n) is 3.87. The molecular formula is C14H24N2O4S. The standard InChI is InChI=1S/C14H24N2O4S/c1-11(2)16-8-13(7-12(16)9-17)21(18,19)15-10-14(3)5-4-6-20-14/h7-8,11,15,17H,4-6,9-10H2,1-3H3. The molecule has 2 heterocycles. The van der Waals surface area contributed by atoms with Crippen molar-refractivity contribution in [1.82, 2.24) is 9.29 Å². The van der Waals surface area contributed by atoms with Crippen LogP contribution in [0, 0.1) is 0 Å². The van der Waals surface area contributed by atoms with Crippen LogP contribution in [0.4, 0.5) is 0 Å². The van der Waals surface area contributed by atoms with E-state index in [1.165, 1.54) is 6.07 Å². The van der Waals surface area contributed by atoms with E-state index < -0.39 is 15.6 Å². The number of ether oxygens (including phenoxy) is 1. The Labute approximate surface area is 126 Å². The van der Waals surface area contributed by atoms with Crippen LogP contribution in [-0.4, -0.2) is 36.8 Å². The average Bonchev–Trinajstić information content (AvgIpc) is 3.03. The zero-order valence-electron chi connectivity index (χ0n) is 12.8. The first-order chi connectivity index (χ1) is 9.77. The van der Waals surface area contributed by atoms with Crippen LogP contribution in [0.1, 0.15) is 45.3 Å². The van der Waals surface area contributed by atoms with Crippen LogP contribution in [0.5, 0.6) is 0 Å². The molecule has 0 aromatic carbocycles. The summed E-state index contributed by atoms with van der Waals surface area (Å²) in [4.78, 5) is 0.182. The molecule has 0 amide bonds. The highest BCUT2D eigenvalue weighted by atomic mass is 32.2. The lowest BCUT2D eigenvalue weighted by molar-refractivity contribution is 0.0250. The molecule has 1 aromatic heterocycles. The smallest absolute Gasteiger partial charge is 0.242 e. The van der Waals surface area contributed by atoms with Gasteiger partial charge in [-0.25, -0.2) is 13.1 Å². The normalized spacial score (nSPS) is 23.1. The fourth-order valence-corrected chi connectivity index (χ4v) is 3.76. The molecule has 1 fully saturated rings. The van der Waals surface area contributed by atoms with E-state index in [0.29, 0.717) is 12.3 Å². The number of aromatic nitrogens is 1. The highest BCUT2D eigenvalue weighted by Gasteiger charge is 2.31. The number of rotatable bonds is 6. The lowest BCUT2D eigenvalue weighted by atomic mass is 10.0. The molecule has 1 aliphatic rings. The fourth-order valence-electron chi connectivity index (χ4n) is 2.56. The Morgan fingerprint density at radius 1 is 1.52 bits per heavy atom. The zero-order valence-corrected chi connectivity index (χ0v) is 13.6. The van der Waals surface area contributed by atoms with E-state index in [0.717, 1.165) is 12.8 Å². The summed E-state index contributed by atoms with van der Waals surface area (Å²) in [6.45, 7) is 6.55. The van der Waals surface area contributed by atoms with Gasteiger partial charge >= 0.3 is 0 Å². The Bertz CT molecular complexity index is 586. The van der Waals surface area contributed by atoms with Crippen molar-refractivity contribution >= 4 is 10.0 Å². The molecule has 120 valence electrons. The van der Waals surface area contributed by atoms with Crippen molar-refractivity contribution < 1.29 is 18.3 Å². The maximum Gasteiger partial charge on any atom is 0.242 e. The minimum Gasteiger partial charge on any atom is -0.390 e. The maximum atomic E-state index is 12.4. The van der Waals surface area contributed by atoms with Crippen LogP contribution in [0.25, 0.3) is 0 Å². The monoisotopic (exact) mass is 316 g/mol. The first-order valence-electron chi connectivity index (χ1n) is 7.23. The first-order valence-corrected chi connectivity index (χ1v) is 8.71. The summed E-state index contributed by atoms with van der Waals surface area (Å²) < 4.78 is 34.7. The SMILES string of the molecule is CC(C)n1cc(S(=O)(=O)NCC2(C)CCCO2)cc1CO. The second-order valence-corrected chi connectivity index (χ2v) is 7.82. The van der Waals surface area contributed by atoms with E-state index in [1.54, 1.807) is 10.8 Å². The summed E-state index contributed by atoms with van der Waals surface area (Å²) in [5.41, 5.74) is 0.168. The van der Waals surface area contributed by atoms with Gasteiger partial charge in [0.1, 0.15) is 0 Å². The Balaban J connectivity index is 2.15. The molecule has 1 atom stereocenters. The van der Waals surface area contributed by atoms with Crippen LogP contribution in [0.3, 0.4) is 0 Å². The zero-order chi connectivity index (χ0) is 15.7. The van der Waals surface area contributed by atoms with Crippen LogP contribution in [0.15, 0.2) is 17.2 Å². The van der Waals surface area contributed by atoms with Gasteiger partial charge in [-0.2, -0.15) is 0 Å². The minimum atomic E-state index is -3.59. The number of nitrogens with zero attached hydrogens (tertiary/aromatic N) is 1. The summed E-state index contributed by atoms with van der Waals surface area (Å²) in [6.07, 6.45) is 3.37. The quantitative estimate of drug-likeness (QED) is 0.831. The highest BCUT2D eigenvalue weighted by molar-refractivity contribution is 7.89. The van der Waals surface area contributed by atoms with Crippen molar-refractivity contribution in [3.05, 3.63) is 18.0 Å². The summed E-state index contributed by atoms with van der Waals surface area (Å²) >= 11 is 0. The van der Waals surface area contributed by atoms with Gasteiger partial charge in [0.05, 0.1) is 17.1 Å². The van der Waals surface area contributed by atoms with Crippen molar-refractivity contribution in [1.29, 1.82) is 0 Å². The van der Waals surface area contributed by atoms with Gasteiger partial charge in [-0.15, -0.1) is 0 Å². The Kier molecular flexibility index (Phi) is 4.77. The summed E-state index contributed by atoms with van der Waals surface area (Å²) in [5.74, 6) is 0. The van der Waals surface area contributed by atoms with Crippen LogP contribution < -0.4 is 4.72 Å². The molecule has 21 heavy (non-hydrogen) atoms. The van der Waals surface area contributed by atoms with Gasteiger partial charge in [0.25, 0.3) is 0 Å². The fraction of sp³-hybridized carbons (Fsp3) is 0.714. The lowest BCUT2D eigenvalue weighted by Gasteiger charge is -2.23. The van der Waals surface area contributed by atoms with Crippen molar-refractivity contribution in [2.24, 2.45) is 0 Å². The molecule has 2 N–H and O–H groups in total. The topological polar surface area (TPSA) is 80.6 Å². The minimum absolute atomic E-state index is 0.0896. The van der Waals surface area contributed by atoms with E-state index in [2.05, 4.69) is 4.72 Å². The number of hydrogen-bond acceptors (Lipinski definition) is 4. The predicted octanol–water partition coefficient (Wildman–Crippen LogP) is 1.41. The summed E-state index contributed by atoms with van der Waals surface area (Å²) in [5, 5.41) is 9.33. The number of aliphatic hydroxyl groups excluding tert-OH is 1. The molecule has 1 saturated heterocycles. The van der Waals surface area contributed by atoms with Crippen LogP contribution >= 0.6 is 0 Å². The van der Waals surface area contributed by atoms with Gasteiger partial charge < -0.3 is 14.4 Å². The van der Waals surface area contributed by atoms with E-state index in [4.69, 9.17) is 4.74 Å². The second-order valence-electron chi connectivity index (χ2n) is 6.05. The van der Waals surface area contributed by atoms with Crippen LogP contribution in [-0.2, 0) is 21.4 Å². The van der Waals surface area contributed by atoms with Crippen molar-refractivity contribution in [2.45, 2.75) is 56.8 Å². The van der Waals surface area contributed by atoms with E-state index in [9.17, 15) is 13.5 Å². The molecule has 0 bridgehead atoms. The van der Waals surface area contributed by atoms with Crippen molar-refractivity contribution in [3.63, 3.8) is 0 Å². The van der Waals surface area contributed by atoms with E-state index >= 15 is 0 Å². The third kappa shape index (κ3) is 3.66. The van der Waals surface area contributed by atoms with Crippen LogP contribution in [0.2, 0.25) is 0 Å². The molecule has 1 aromatic rings. The molecule has 0 saturated carbocycles. The first kappa shape index (κ1) is 16.5. The third-order valence-corrected chi connectivity index (χ3v) is 5.24. The second kappa shape index (κ2) is 6.08. The van der Waals surface area contributed by atoms with Crippen molar-refractivity contribution in [2.75, 3.05) is 13.2 Å². The molecule has 1 aliphatic heterocycles. The summed E-state index contributed by atoms with van der Waals surface area (Å²) in [6, 6.07) is 1.60. The van der Waals surface area contributed by atoms with E-state index in [-0.39, 0.29) is 24.1 Å². The molecule has 1 unspecified atom stereocenters. The predicted molar refractivity (Wildman–Crippen MR) is 79.5 cm³/mol. The highest BCUT2D eigenvalue weighted by Crippen LogP contribution is 2.25. The molecule has 2 rings (SSSR count). The van der Waals surface area contributed by atoms with Gasteiger partial charge in [0.15, 0.2) is 0 Å². The number of nitrogens with one attached hydrogen (secondary N) is 1. The Morgan fingerprint density at radius 2 is 2.24 bits per heavy atom. The van der Waals surface area contributed by atoms with Gasteiger partial charge in [0, 0.05) is 31.1 Å². The van der Waals surface area contributed by atoms with E-state index in [1.807, 2.05) is 20.8 Å². The molecule has 0 radical (unpaired) electrons. The molecule has 7 heteroatoms. The van der Waals surface area contributed by atoms with Gasteiger partial charge in [-0.1, -0.05) is 0 Å².